The van der Waals surface area contributed by atoms with E-state index in [1.165, 1.54) is 6.07 Å². The number of hydrogen-bond acceptors (Lipinski definition) is 1. The van der Waals surface area contributed by atoms with Crippen molar-refractivity contribution in [2.24, 2.45) is 0 Å². The smallest absolute Gasteiger partial charge is 0.141 e. The van der Waals surface area contributed by atoms with E-state index in [1.54, 1.807) is 12.1 Å². The summed E-state index contributed by atoms with van der Waals surface area (Å²) in [6.07, 6.45) is 0.825. The van der Waals surface area contributed by atoms with Gasteiger partial charge in [-0.25, -0.2) is 4.39 Å². The van der Waals surface area contributed by atoms with Gasteiger partial charge in [0.15, 0.2) is 0 Å². The molecule has 0 aliphatic carbocycles. The van der Waals surface area contributed by atoms with Crippen molar-refractivity contribution in [3.63, 3.8) is 0 Å². The van der Waals surface area contributed by atoms with Crippen molar-refractivity contribution >= 4 is 11.6 Å². The van der Waals surface area contributed by atoms with Gasteiger partial charge in [0.1, 0.15) is 5.82 Å². The van der Waals surface area contributed by atoms with Gasteiger partial charge in [-0.05, 0) is 24.6 Å². The third-order valence-electron chi connectivity index (χ3n) is 1.92. The van der Waals surface area contributed by atoms with Crippen molar-refractivity contribution in [2.75, 3.05) is 6.54 Å². The molecular formula is C12H13ClFN. The predicted molar refractivity (Wildman–Crippen MR) is 61.2 cm³/mol. The van der Waals surface area contributed by atoms with Crippen LogP contribution >= 0.6 is 11.6 Å². The van der Waals surface area contributed by atoms with E-state index in [0.717, 1.165) is 18.5 Å². The molecule has 0 radical (unpaired) electrons. The van der Waals surface area contributed by atoms with Crippen LogP contribution in [-0.2, 0) is 6.54 Å². The molecule has 0 aromatic heterocycles. The van der Waals surface area contributed by atoms with Gasteiger partial charge in [0.2, 0.25) is 0 Å². The van der Waals surface area contributed by atoms with Gasteiger partial charge >= 0.3 is 0 Å². The van der Waals surface area contributed by atoms with E-state index in [9.17, 15) is 4.39 Å². The number of hydrogen-bond donors (Lipinski definition) is 1. The zero-order valence-electron chi connectivity index (χ0n) is 8.61. The molecule has 0 bridgehead atoms. The van der Waals surface area contributed by atoms with Crippen LogP contribution in [0.15, 0.2) is 18.2 Å². The molecule has 0 atom stereocenters. The molecule has 1 rings (SSSR count). The zero-order chi connectivity index (χ0) is 11.1. The Bertz CT molecular complexity index is 379. The fourth-order valence-corrected chi connectivity index (χ4v) is 1.36. The molecule has 0 heterocycles. The number of rotatable bonds is 4. The largest absolute Gasteiger partial charge is 0.312 e. The molecule has 0 saturated carbocycles. The summed E-state index contributed by atoms with van der Waals surface area (Å²) in [6, 6.07) is 4.74. The Hall–Kier alpha value is -1.04. The molecule has 1 aromatic carbocycles. The Morgan fingerprint density at radius 3 is 2.93 bits per heavy atom. The van der Waals surface area contributed by atoms with Crippen molar-refractivity contribution in [1.82, 2.24) is 5.32 Å². The molecule has 0 spiro atoms. The molecule has 1 N–H and O–H groups in total. The fraction of sp³-hybridized carbons (Fsp3) is 0.333. The van der Waals surface area contributed by atoms with Gasteiger partial charge in [0, 0.05) is 19.5 Å². The van der Waals surface area contributed by atoms with Crippen molar-refractivity contribution in [3.05, 3.63) is 34.6 Å². The van der Waals surface area contributed by atoms with Crippen LogP contribution in [0.4, 0.5) is 4.39 Å². The van der Waals surface area contributed by atoms with Crippen LogP contribution in [0.1, 0.15) is 18.9 Å². The van der Waals surface area contributed by atoms with Crippen LogP contribution in [0.25, 0.3) is 0 Å². The summed E-state index contributed by atoms with van der Waals surface area (Å²) < 4.78 is 12.8. The van der Waals surface area contributed by atoms with E-state index < -0.39 is 0 Å². The average molecular weight is 226 g/mol. The minimum Gasteiger partial charge on any atom is -0.312 e. The minimum absolute atomic E-state index is 0.169. The highest BCUT2D eigenvalue weighted by Gasteiger charge is 1.99. The third kappa shape index (κ3) is 4.33. The first-order valence-electron chi connectivity index (χ1n) is 4.78. The lowest BCUT2D eigenvalue weighted by Gasteiger charge is -2.03. The van der Waals surface area contributed by atoms with E-state index in [-0.39, 0.29) is 10.8 Å². The Morgan fingerprint density at radius 2 is 2.27 bits per heavy atom. The van der Waals surface area contributed by atoms with E-state index in [1.807, 2.05) is 6.92 Å². The first-order valence-corrected chi connectivity index (χ1v) is 5.16. The molecule has 15 heavy (non-hydrogen) atoms. The monoisotopic (exact) mass is 225 g/mol. The number of benzene rings is 1. The highest BCUT2D eigenvalue weighted by atomic mass is 35.5. The Morgan fingerprint density at radius 1 is 1.47 bits per heavy atom. The molecule has 0 aliphatic heterocycles. The van der Waals surface area contributed by atoms with Crippen LogP contribution in [0.3, 0.4) is 0 Å². The molecule has 3 heteroatoms. The van der Waals surface area contributed by atoms with Crippen molar-refractivity contribution < 1.29 is 4.39 Å². The molecule has 1 aromatic rings. The first kappa shape index (κ1) is 12.0. The normalized spacial score (nSPS) is 9.53. The quantitative estimate of drug-likeness (QED) is 0.614. The molecule has 80 valence electrons. The van der Waals surface area contributed by atoms with Crippen LogP contribution in [0.5, 0.6) is 0 Å². The zero-order valence-corrected chi connectivity index (χ0v) is 9.37. The van der Waals surface area contributed by atoms with Crippen LogP contribution in [-0.4, -0.2) is 6.54 Å². The van der Waals surface area contributed by atoms with Crippen molar-refractivity contribution in [1.29, 1.82) is 0 Å². The molecular weight excluding hydrogens is 213 g/mol. The summed E-state index contributed by atoms with van der Waals surface area (Å²) in [5, 5.41) is 3.37. The standard InChI is InChI=1S/C12H13ClFN/c1-2-3-4-7-15-9-10-5-6-12(14)11(13)8-10/h5-6,8,15H,4,7,9H2,1H3. The average Bonchev–Trinajstić information content (AvgIpc) is 2.23. The lowest BCUT2D eigenvalue weighted by molar-refractivity contribution is 0.625. The van der Waals surface area contributed by atoms with E-state index >= 15 is 0 Å². The second-order valence-corrected chi connectivity index (χ2v) is 3.51. The molecule has 0 aliphatic rings. The molecule has 0 amide bonds. The van der Waals surface area contributed by atoms with Gasteiger partial charge in [0.05, 0.1) is 5.02 Å². The minimum atomic E-state index is -0.378. The maximum Gasteiger partial charge on any atom is 0.141 e. The second-order valence-electron chi connectivity index (χ2n) is 3.10. The van der Waals surface area contributed by atoms with Crippen LogP contribution < -0.4 is 5.32 Å². The van der Waals surface area contributed by atoms with Crippen LogP contribution in [0.2, 0.25) is 5.02 Å². The van der Waals surface area contributed by atoms with Gasteiger partial charge in [-0.2, -0.15) is 0 Å². The molecule has 0 saturated heterocycles. The predicted octanol–water partition coefficient (Wildman–Crippen LogP) is 2.98. The Labute approximate surface area is 94.6 Å². The number of nitrogens with one attached hydrogen (secondary N) is 1. The molecule has 0 unspecified atom stereocenters. The summed E-state index contributed by atoms with van der Waals surface area (Å²) >= 11 is 5.65. The van der Waals surface area contributed by atoms with Crippen LogP contribution in [0, 0.1) is 17.7 Å². The number of halogens is 2. The summed E-state index contributed by atoms with van der Waals surface area (Å²) in [6.45, 7) is 3.33. The summed E-state index contributed by atoms with van der Waals surface area (Å²) in [7, 11) is 0. The first-order chi connectivity index (χ1) is 7.24. The maximum atomic E-state index is 12.8. The summed E-state index contributed by atoms with van der Waals surface area (Å²) in [4.78, 5) is 0. The van der Waals surface area contributed by atoms with Gasteiger partial charge in [-0.15, -0.1) is 11.8 Å². The fourth-order valence-electron chi connectivity index (χ4n) is 1.16. The Kier molecular flexibility index (Phi) is 5.17. The highest BCUT2D eigenvalue weighted by Crippen LogP contribution is 2.15. The lowest BCUT2D eigenvalue weighted by Crippen LogP contribution is -2.14. The summed E-state index contributed by atoms with van der Waals surface area (Å²) in [5.41, 5.74) is 0.978. The van der Waals surface area contributed by atoms with Gasteiger partial charge in [0.25, 0.3) is 0 Å². The van der Waals surface area contributed by atoms with Gasteiger partial charge < -0.3 is 5.32 Å². The molecule has 0 fully saturated rings. The van der Waals surface area contributed by atoms with Crippen molar-refractivity contribution in [3.8, 4) is 11.8 Å². The second kappa shape index (κ2) is 6.44. The lowest BCUT2D eigenvalue weighted by atomic mass is 10.2. The maximum absolute atomic E-state index is 12.8. The van der Waals surface area contributed by atoms with Crippen molar-refractivity contribution in [2.45, 2.75) is 19.9 Å². The third-order valence-corrected chi connectivity index (χ3v) is 2.21. The molecule has 1 nitrogen and oxygen atoms in total. The van der Waals surface area contributed by atoms with E-state index in [0.29, 0.717) is 6.54 Å². The van der Waals surface area contributed by atoms with E-state index in [4.69, 9.17) is 11.6 Å². The summed E-state index contributed by atoms with van der Waals surface area (Å²) in [5.74, 6) is 5.40. The van der Waals surface area contributed by atoms with Gasteiger partial charge in [-0.1, -0.05) is 17.7 Å². The van der Waals surface area contributed by atoms with E-state index in [2.05, 4.69) is 17.2 Å². The topological polar surface area (TPSA) is 12.0 Å². The highest BCUT2D eigenvalue weighted by molar-refractivity contribution is 6.30. The van der Waals surface area contributed by atoms with Gasteiger partial charge in [-0.3, -0.25) is 0 Å². The Balaban J connectivity index is 2.36. The SMILES string of the molecule is CC#CCCNCc1ccc(F)c(Cl)c1.